The maximum absolute atomic E-state index is 13.6. The van der Waals surface area contributed by atoms with Crippen molar-refractivity contribution in [3.63, 3.8) is 0 Å². The third-order valence-electron chi connectivity index (χ3n) is 7.50. The van der Waals surface area contributed by atoms with Gasteiger partial charge in [-0.1, -0.05) is 54.1 Å². The van der Waals surface area contributed by atoms with Crippen LogP contribution in [0.1, 0.15) is 41.9 Å². The largest absolute Gasteiger partial charge is 0.368 e. The number of amides is 2. The predicted molar refractivity (Wildman–Crippen MR) is 163 cm³/mol. The monoisotopic (exact) mass is 582 g/mol. The summed E-state index contributed by atoms with van der Waals surface area (Å²) in [7, 11) is 0. The SMILES string of the molecule is CC(=O)NCCNc1nc(-c2ccccc2)nc2[nH]c(C(=O)N3CCC(c4cc(-c5ccc(Cl)cc5)n[nH]4)CC3)cc12. The number of nitrogens with zero attached hydrogens (tertiary/aromatic N) is 4. The van der Waals surface area contributed by atoms with E-state index in [0.717, 1.165) is 40.7 Å². The van der Waals surface area contributed by atoms with E-state index in [9.17, 15) is 9.59 Å². The Morgan fingerprint density at radius 1 is 0.976 bits per heavy atom. The topological polar surface area (TPSA) is 132 Å². The third-order valence-corrected chi connectivity index (χ3v) is 7.75. The molecule has 1 aliphatic rings. The van der Waals surface area contributed by atoms with Gasteiger partial charge >= 0.3 is 0 Å². The van der Waals surface area contributed by atoms with Gasteiger partial charge in [-0.05, 0) is 37.1 Å². The van der Waals surface area contributed by atoms with E-state index in [1.54, 1.807) is 0 Å². The molecule has 0 atom stereocenters. The molecule has 0 aliphatic carbocycles. The molecule has 42 heavy (non-hydrogen) atoms. The molecule has 2 aromatic carbocycles. The molecule has 1 fully saturated rings. The smallest absolute Gasteiger partial charge is 0.270 e. The number of H-pyrrole nitrogens is 2. The molecular weight excluding hydrogens is 552 g/mol. The van der Waals surface area contributed by atoms with Crippen LogP contribution in [0.5, 0.6) is 0 Å². The Kier molecular flexibility index (Phi) is 7.87. The second-order valence-corrected chi connectivity index (χ2v) is 10.8. The van der Waals surface area contributed by atoms with Crippen molar-refractivity contribution in [2.75, 3.05) is 31.5 Å². The van der Waals surface area contributed by atoms with Gasteiger partial charge in [-0.2, -0.15) is 5.10 Å². The summed E-state index contributed by atoms with van der Waals surface area (Å²) in [5, 5.41) is 15.2. The molecule has 0 saturated carbocycles. The molecule has 1 saturated heterocycles. The van der Waals surface area contributed by atoms with Gasteiger partial charge in [0, 0.05) is 60.9 Å². The van der Waals surface area contributed by atoms with Crippen LogP contribution in [0.15, 0.2) is 66.7 Å². The first-order chi connectivity index (χ1) is 20.4. The molecule has 4 heterocycles. The van der Waals surface area contributed by atoms with E-state index in [4.69, 9.17) is 21.6 Å². The van der Waals surface area contributed by atoms with Gasteiger partial charge in [-0.15, -0.1) is 0 Å². The van der Waals surface area contributed by atoms with Gasteiger partial charge in [-0.25, -0.2) is 9.97 Å². The molecule has 11 heteroatoms. The summed E-state index contributed by atoms with van der Waals surface area (Å²) >= 11 is 6.02. The molecule has 10 nitrogen and oxygen atoms in total. The Labute approximate surface area is 247 Å². The van der Waals surface area contributed by atoms with Crippen molar-refractivity contribution in [1.29, 1.82) is 0 Å². The predicted octanol–water partition coefficient (Wildman–Crippen LogP) is 5.24. The van der Waals surface area contributed by atoms with E-state index < -0.39 is 0 Å². The fourth-order valence-corrected chi connectivity index (χ4v) is 5.40. The van der Waals surface area contributed by atoms with Crippen LogP contribution < -0.4 is 10.6 Å². The van der Waals surface area contributed by atoms with Gasteiger partial charge < -0.3 is 20.5 Å². The summed E-state index contributed by atoms with van der Waals surface area (Å²) < 4.78 is 0. The minimum Gasteiger partial charge on any atom is -0.368 e. The maximum Gasteiger partial charge on any atom is 0.270 e. The lowest BCUT2D eigenvalue weighted by atomic mass is 9.93. The quantitative estimate of drug-likeness (QED) is 0.185. The van der Waals surface area contributed by atoms with E-state index in [2.05, 4.69) is 31.9 Å². The number of likely N-dealkylation sites (tertiary alicyclic amines) is 1. The number of aromatic nitrogens is 5. The highest BCUT2D eigenvalue weighted by Gasteiger charge is 2.27. The number of hydrogen-bond acceptors (Lipinski definition) is 6. The number of piperidine rings is 1. The zero-order valence-corrected chi connectivity index (χ0v) is 23.9. The number of carbonyl (C=O) groups excluding carboxylic acids is 2. The van der Waals surface area contributed by atoms with E-state index >= 15 is 0 Å². The van der Waals surface area contributed by atoms with E-state index in [-0.39, 0.29) is 11.8 Å². The Balaban J connectivity index is 1.17. The summed E-state index contributed by atoms with van der Waals surface area (Å²) in [6, 6.07) is 21.2. The Bertz CT molecular complexity index is 1710. The lowest BCUT2D eigenvalue weighted by Gasteiger charge is -2.31. The van der Waals surface area contributed by atoms with Crippen LogP contribution in [0.25, 0.3) is 33.7 Å². The minimum absolute atomic E-state index is 0.0663. The van der Waals surface area contributed by atoms with E-state index in [1.165, 1.54) is 6.92 Å². The fourth-order valence-electron chi connectivity index (χ4n) is 5.27. The molecular formula is C31H31ClN8O2. The number of carbonyl (C=O) groups is 2. The molecule has 214 valence electrons. The average molecular weight is 583 g/mol. The number of nitrogens with one attached hydrogen (secondary N) is 4. The van der Waals surface area contributed by atoms with Gasteiger partial charge in [0.15, 0.2) is 5.82 Å². The highest BCUT2D eigenvalue weighted by atomic mass is 35.5. The van der Waals surface area contributed by atoms with Crippen molar-refractivity contribution in [3.8, 4) is 22.6 Å². The van der Waals surface area contributed by atoms with Crippen LogP contribution in [-0.4, -0.2) is 68.0 Å². The molecule has 0 unspecified atom stereocenters. The number of rotatable bonds is 8. The second-order valence-electron chi connectivity index (χ2n) is 10.4. The molecule has 5 aromatic rings. The van der Waals surface area contributed by atoms with Crippen LogP contribution in [0.4, 0.5) is 5.82 Å². The number of anilines is 1. The van der Waals surface area contributed by atoms with E-state index in [1.807, 2.05) is 65.6 Å². The first-order valence-electron chi connectivity index (χ1n) is 14.0. The standard InChI is InChI=1S/C31H31ClN8O2/c1-19(41)33-13-14-34-29-24-17-27(35-30(24)37-28(36-29)22-5-3-2-4-6-22)31(42)40-15-11-21(12-16-40)26-18-25(38-39-26)20-7-9-23(32)10-8-20/h2-10,17-18,21H,11-16H2,1H3,(H,33,41)(H,38,39)(H2,34,35,36,37). The van der Waals surface area contributed by atoms with Crippen LogP contribution >= 0.6 is 11.6 Å². The highest BCUT2D eigenvalue weighted by molar-refractivity contribution is 6.30. The summed E-state index contributed by atoms with van der Waals surface area (Å²) in [4.78, 5) is 39.5. The maximum atomic E-state index is 13.6. The van der Waals surface area contributed by atoms with E-state index in [0.29, 0.717) is 60.1 Å². The Morgan fingerprint density at radius 3 is 2.48 bits per heavy atom. The van der Waals surface area contributed by atoms with Crippen LogP contribution in [0.2, 0.25) is 5.02 Å². The summed E-state index contributed by atoms with van der Waals surface area (Å²) in [5.41, 5.74) is 4.89. The number of benzene rings is 2. The van der Waals surface area contributed by atoms with Gasteiger partial charge in [-0.3, -0.25) is 14.7 Å². The van der Waals surface area contributed by atoms with Gasteiger partial charge in [0.25, 0.3) is 5.91 Å². The number of halogens is 1. The van der Waals surface area contributed by atoms with Crippen molar-refractivity contribution in [2.45, 2.75) is 25.7 Å². The fraction of sp³-hybridized carbons (Fsp3) is 0.258. The van der Waals surface area contributed by atoms with Crippen molar-refractivity contribution in [3.05, 3.63) is 83.1 Å². The van der Waals surface area contributed by atoms with Crippen molar-refractivity contribution >= 4 is 40.3 Å². The number of fused-ring (bicyclic) bond motifs is 1. The normalized spacial score (nSPS) is 13.8. The number of hydrogen-bond donors (Lipinski definition) is 4. The third kappa shape index (κ3) is 5.99. The molecule has 3 aromatic heterocycles. The molecule has 2 amide bonds. The van der Waals surface area contributed by atoms with Crippen molar-refractivity contribution < 1.29 is 9.59 Å². The van der Waals surface area contributed by atoms with Crippen LogP contribution in [-0.2, 0) is 4.79 Å². The molecule has 0 spiro atoms. The van der Waals surface area contributed by atoms with Gasteiger partial charge in [0.2, 0.25) is 5.91 Å². The Morgan fingerprint density at radius 2 is 1.74 bits per heavy atom. The summed E-state index contributed by atoms with van der Waals surface area (Å²) in [6.07, 6.45) is 1.67. The Hall–Kier alpha value is -4.70. The second kappa shape index (κ2) is 12.0. The lowest BCUT2D eigenvalue weighted by Crippen LogP contribution is -2.38. The molecule has 4 N–H and O–H groups in total. The first-order valence-corrected chi connectivity index (χ1v) is 14.4. The zero-order valence-electron chi connectivity index (χ0n) is 23.2. The molecule has 6 rings (SSSR count). The lowest BCUT2D eigenvalue weighted by molar-refractivity contribution is -0.118. The minimum atomic E-state index is -0.0950. The van der Waals surface area contributed by atoms with Gasteiger partial charge in [0.1, 0.15) is 17.2 Å². The molecule has 0 bridgehead atoms. The molecule has 1 aliphatic heterocycles. The zero-order chi connectivity index (χ0) is 29.1. The summed E-state index contributed by atoms with van der Waals surface area (Å²) in [6.45, 7) is 3.68. The van der Waals surface area contributed by atoms with Crippen molar-refractivity contribution in [1.82, 2.24) is 35.4 Å². The summed E-state index contributed by atoms with van der Waals surface area (Å²) in [5.74, 6) is 1.29. The molecule has 0 radical (unpaired) electrons. The number of aromatic amines is 2. The van der Waals surface area contributed by atoms with Crippen LogP contribution in [0.3, 0.4) is 0 Å². The first kappa shape index (κ1) is 27.5. The van der Waals surface area contributed by atoms with Gasteiger partial charge in [0.05, 0.1) is 11.1 Å². The van der Waals surface area contributed by atoms with Crippen molar-refractivity contribution in [2.24, 2.45) is 0 Å². The van der Waals surface area contributed by atoms with Crippen LogP contribution in [0, 0.1) is 0 Å². The highest BCUT2D eigenvalue weighted by Crippen LogP contribution is 2.31. The average Bonchev–Trinajstić information content (AvgIpc) is 3.68.